The van der Waals surface area contributed by atoms with Gasteiger partial charge in [0.05, 0.1) is 12.2 Å². The molecule has 0 N–H and O–H groups in total. The molecular formula is C14H22O4Si. The van der Waals surface area contributed by atoms with E-state index in [1.807, 2.05) is 32.9 Å². The topological polar surface area (TPSA) is 44.8 Å². The zero-order valence-corrected chi connectivity index (χ0v) is 13.1. The smallest absolute Gasteiger partial charge is 0.413 e. The lowest BCUT2D eigenvalue weighted by atomic mass is 10.2. The Morgan fingerprint density at radius 1 is 1.05 bits per heavy atom. The van der Waals surface area contributed by atoms with Crippen molar-refractivity contribution in [3.63, 3.8) is 0 Å². The first kappa shape index (κ1) is 15.9. The van der Waals surface area contributed by atoms with Gasteiger partial charge in [0, 0.05) is 13.2 Å². The van der Waals surface area contributed by atoms with Crippen molar-refractivity contribution >= 4 is 14.0 Å². The van der Waals surface area contributed by atoms with Crippen LogP contribution in [0.5, 0.6) is 5.75 Å². The second kappa shape index (κ2) is 7.42. The molecule has 0 amide bonds. The van der Waals surface area contributed by atoms with Crippen molar-refractivity contribution in [2.24, 2.45) is 0 Å². The van der Waals surface area contributed by atoms with Crippen molar-refractivity contribution in [1.82, 2.24) is 0 Å². The molecule has 1 rings (SSSR count). The molecule has 0 fully saturated rings. The molecule has 4 nitrogen and oxygen atoms in total. The first-order chi connectivity index (χ1) is 9.09. The van der Waals surface area contributed by atoms with E-state index in [0.717, 1.165) is 0 Å². The minimum atomic E-state index is -2.87. The lowest BCUT2D eigenvalue weighted by molar-refractivity contribution is 0.0944. The van der Waals surface area contributed by atoms with E-state index in [4.69, 9.17) is 13.6 Å². The zero-order chi connectivity index (χ0) is 14.3. The molecule has 0 aliphatic rings. The molecule has 0 aliphatic carbocycles. The quantitative estimate of drug-likeness (QED) is 0.688. The van der Waals surface area contributed by atoms with E-state index in [1.165, 1.54) is 0 Å². The van der Waals surface area contributed by atoms with Crippen molar-refractivity contribution < 1.29 is 18.4 Å². The summed E-state index contributed by atoms with van der Waals surface area (Å²) in [4.78, 5) is 12.7. The molecule has 0 saturated heterocycles. The standard InChI is InChI=1S/C14H22O4Si/c1-5-16-13-11-9-8-10-12(13)14(15)19(4,17-6-2)18-7-3/h8-11H,5-7H2,1-4H3. The Labute approximate surface area is 115 Å². The van der Waals surface area contributed by atoms with Gasteiger partial charge in [0.25, 0.3) is 0 Å². The molecule has 0 heterocycles. The summed E-state index contributed by atoms with van der Waals surface area (Å²) in [6.07, 6.45) is 0. The summed E-state index contributed by atoms with van der Waals surface area (Å²) in [7, 11) is -2.87. The molecular weight excluding hydrogens is 260 g/mol. The van der Waals surface area contributed by atoms with Crippen LogP contribution in [0, 0.1) is 0 Å². The average molecular weight is 282 g/mol. The zero-order valence-electron chi connectivity index (χ0n) is 12.1. The molecule has 0 saturated carbocycles. The molecule has 1 aromatic carbocycles. The predicted molar refractivity (Wildman–Crippen MR) is 76.8 cm³/mol. The van der Waals surface area contributed by atoms with E-state index >= 15 is 0 Å². The minimum Gasteiger partial charge on any atom is -0.493 e. The lowest BCUT2D eigenvalue weighted by Gasteiger charge is -2.25. The molecule has 0 unspecified atom stereocenters. The van der Waals surface area contributed by atoms with Gasteiger partial charge in [-0.2, -0.15) is 0 Å². The molecule has 0 aromatic heterocycles. The maximum absolute atomic E-state index is 12.7. The van der Waals surface area contributed by atoms with Crippen LogP contribution in [0.3, 0.4) is 0 Å². The number of hydrogen-bond acceptors (Lipinski definition) is 4. The normalized spacial score (nSPS) is 11.4. The van der Waals surface area contributed by atoms with Crippen LogP contribution in [0.4, 0.5) is 0 Å². The number of benzene rings is 1. The summed E-state index contributed by atoms with van der Waals surface area (Å²) in [6.45, 7) is 8.86. The summed E-state index contributed by atoms with van der Waals surface area (Å²) in [5, 5.41) is -0.0831. The Balaban J connectivity index is 3.09. The Bertz CT molecular complexity index is 414. The van der Waals surface area contributed by atoms with Crippen LogP contribution in [0.15, 0.2) is 24.3 Å². The van der Waals surface area contributed by atoms with E-state index in [2.05, 4.69) is 0 Å². The first-order valence-corrected chi connectivity index (χ1v) is 8.95. The molecule has 0 bridgehead atoms. The van der Waals surface area contributed by atoms with Crippen LogP contribution >= 0.6 is 0 Å². The van der Waals surface area contributed by atoms with Gasteiger partial charge in [-0.3, -0.25) is 4.79 Å². The SMILES string of the molecule is CCOc1ccccc1C(=O)[Si](C)(OCC)OCC. The highest BCUT2D eigenvalue weighted by atomic mass is 28.4. The Morgan fingerprint density at radius 3 is 2.16 bits per heavy atom. The van der Waals surface area contributed by atoms with Gasteiger partial charge in [0.1, 0.15) is 5.75 Å². The molecule has 0 spiro atoms. The molecule has 0 aliphatic heterocycles. The Kier molecular flexibility index (Phi) is 6.21. The fourth-order valence-corrected chi connectivity index (χ4v) is 4.05. The highest BCUT2D eigenvalue weighted by Gasteiger charge is 2.42. The van der Waals surface area contributed by atoms with Crippen molar-refractivity contribution in [1.29, 1.82) is 0 Å². The predicted octanol–water partition coefficient (Wildman–Crippen LogP) is 2.95. The van der Waals surface area contributed by atoms with Crippen LogP contribution in [-0.4, -0.2) is 33.8 Å². The third-order valence-electron chi connectivity index (χ3n) is 2.68. The number of hydrogen-bond donors (Lipinski definition) is 0. The summed E-state index contributed by atoms with van der Waals surface area (Å²) < 4.78 is 16.8. The number of carbonyl (C=O) groups excluding carboxylic acids is 1. The third-order valence-corrected chi connectivity index (χ3v) is 5.46. The third kappa shape index (κ3) is 3.89. The Hall–Kier alpha value is -1.17. The van der Waals surface area contributed by atoms with Crippen molar-refractivity contribution in [3.8, 4) is 5.75 Å². The van der Waals surface area contributed by atoms with Crippen molar-refractivity contribution in [2.75, 3.05) is 19.8 Å². The summed E-state index contributed by atoms with van der Waals surface area (Å²) in [5.74, 6) is 0.591. The van der Waals surface area contributed by atoms with E-state index in [-0.39, 0.29) is 5.41 Å². The molecule has 0 atom stereocenters. The maximum atomic E-state index is 12.7. The van der Waals surface area contributed by atoms with Gasteiger partial charge in [-0.15, -0.1) is 0 Å². The van der Waals surface area contributed by atoms with Gasteiger partial charge in [-0.05, 0) is 39.5 Å². The summed E-state index contributed by atoms with van der Waals surface area (Å²) >= 11 is 0. The van der Waals surface area contributed by atoms with Crippen LogP contribution in [0.2, 0.25) is 6.55 Å². The maximum Gasteiger partial charge on any atom is 0.413 e. The van der Waals surface area contributed by atoms with Crippen LogP contribution < -0.4 is 4.74 Å². The fraction of sp³-hybridized carbons (Fsp3) is 0.500. The number of para-hydroxylation sites is 1. The van der Waals surface area contributed by atoms with Crippen molar-refractivity contribution in [3.05, 3.63) is 29.8 Å². The van der Waals surface area contributed by atoms with E-state index in [9.17, 15) is 4.79 Å². The van der Waals surface area contributed by atoms with E-state index in [1.54, 1.807) is 18.7 Å². The van der Waals surface area contributed by atoms with Gasteiger partial charge in [-0.25, -0.2) is 0 Å². The number of rotatable bonds is 8. The number of ether oxygens (including phenoxy) is 1. The highest BCUT2D eigenvalue weighted by molar-refractivity contribution is 6.98. The van der Waals surface area contributed by atoms with Gasteiger partial charge in [0.15, 0.2) is 0 Å². The van der Waals surface area contributed by atoms with Crippen LogP contribution in [-0.2, 0) is 8.85 Å². The summed E-state index contributed by atoms with van der Waals surface area (Å²) in [6, 6.07) is 7.23. The second-order valence-electron chi connectivity index (χ2n) is 4.07. The minimum absolute atomic E-state index is 0.0831. The van der Waals surface area contributed by atoms with E-state index < -0.39 is 8.56 Å². The number of carbonyl (C=O) groups is 1. The summed E-state index contributed by atoms with van der Waals surface area (Å²) in [5.41, 5.74) is 0.542. The fourth-order valence-electron chi connectivity index (χ4n) is 1.90. The molecule has 19 heavy (non-hydrogen) atoms. The highest BCUT2D eigenvalue weighted by Crippen LogP contribution is 2.24. The second-order valence-corrected chi connectivity index (χ2v) is 6.99. The van der Waals surface area contributed by atoms with Gasteiger partial charge >= 0.3 is 8.56 Å². The molecule has 0 radical (unpaired) electrons. The molecule has 5 heteroatoms. The van der Waals surface area contributed by atoms with Crippen LogP contribution in [0.25, 0.3) is 0 Å². The largest absolute Gasteiger partial charge is 0.493 e. The van der Waals surface area contributed by atoms with Crippen molar-refractivity contribution in [2.45, 2.75) is 27.3 Å². The van der Waals surface area contributed by atoms with Gasteiger partial charge < -0.3 is 13.6 Å². The van der Waals surface area contributed by atoms with Gasteiger partial charge in [0.2, 0.25) is 5.41 Å². The molecule has 1 aromatic rings. The molecule has 106 valence electrons. The average Bonchev–Trinajstić information content (AvgIpc) is 2.39. The lowest BCUT2D eigenvalue weighted by Crippen LogP contribution is -2.48. The monoisotopic (exact) mass is 282 g/mol. The van der Waals surface area contributed by atoms with Gasteiger partial charge in [-0.1, -0.05) is 12.1 Å². The Morgan fingerprint density at radius 2 is 1.63 bits per heavy atom. The van der Waals surface area contributed by atoms with Crippen LogP contribution in [0.1, 0.15) is 31.1 Å². The first-order valence-electron chi connectivity index (χ1n) is 6.63. The van der Waals surface area contributed by atoms with E-state index in [0.29, 0.717) is 31.1 Å².